The third-order valence-corrected chi connectivity index (χ3v) is 5.59. The van der Waals surface area contributed by atoms with Gasteiger partial charge < -0.3 is 5.32 Å². The van der Waals surface area contributed by atoms with Crippen LogP contribution in [0.3, 0.4) is 0 Å². The summed E-state index contributed by atoms with van der Waals surface area (Å²) in [6.07, 6.45) is 1.93. The highest BCUT2D eigenvalue weighted by molar-refractivity contribution is 8.00. The number of thioether (sulfide) groups is 1. The van der Waals surface area contributed by atoms with Gasteiger partial charge in [-0.05, 0) is 55.2 Å². The molecule has 0 saturated carbocycles. The summed E-state index contributed by atoms with van der Waals surface area (Å²) in [6.45, 7) is 4.05. The lowest BCUT2D eigenvalue weighted by atomic mass is 10.1. The van der Waals surface area contributed by atoms with Crippen molar-refractivity contribution in [3.63, 3.8) is 0 Å². The fourth-order valence-corrected chi connectivity index (χ4v) is 3.88. The zero-order valence-corrected chi connectivity index (χ0v) is 16.1. The first-order valence-electron chi connectivity index (χ1n) is 9.11. The lowest BCUT2D eigenvalue weighted by Gasteiger charge is -2.17. The normalized spacial score (nSPS) is 13.3. The van der Waals surface area contributed by atoms with E-state index >= 15 is 0 Å². The molecule has 0 aliphatic rings. The number of nitrogens with one attached hydrogen (secondary N) is 1. The lowest BCUT2D eigenvalue weighted by molar-refractivity contribution is -0.120. The maximum atomic E-state index is 12.5. The van der Waals surface area contributed by atoms with Gasteiger partial charge in [0.15, 0.2) is 0 Å². The average Bonchev–Trinajstić information content (AvgIpc) is 2.67. The van der Waals surface area contributed by atoms with Gasteiger partial charge in [0.25, 0.3) is 0 Å². The number of rotatable bonds is 7. The van der Waals surface area contributed by atoms with Crippen LogP contribution in [0.25, 0.3) is 10.8 Å². The molecule has 0 heterocycles. The number of benzene rings is 3. The van der Waals surface area contributed by atoms with Crippen molar-refractivity contribution in [3.05, 3.63) is 78.4 Å². The summed E-state index contributed by atoms with van der Waals surface area (Å²) in [4.78, 5) is 13.6. The molecule has 0 aliphatic carbocycles. The summed E-state index contributed by atoms with van der Waals surface area (Å²) >= 11 is 1.61. The van der Waals surface area contributed by atoms with Gasteiger partial charge in [0.05, 0.1) is 5.25 Å². The molecule has 134 valence electrons. The van der Waals surface area contributed by atoms with E-state index < -0.39 is 0 Å². The Kier molecular flexibility index (Phi) is 6.35. The smallest absolute Gasteiger partial charge is 0.233 e. The average molecular weight is 364 g/mol. The molecule has 0 saturated heterocycles. The predicted molar refractivity (Wildman–Crippen MR) is 112 cm³/mol. The van der Waals surface area contributed by atoms with Gasteiger partial charge in [-0.2, -0.15) is 0 Å². The molecule has 1 N–H and O–H groups in total. The zero-order valence-electron chi connectivity index (χ0n) is 15.3. The van der Waals surface area contributed by atoms with Crippen LogP contribution in [-0.4, -0.2) is 17.2 Å². The highest BCUT2D eigenvalue weighted by atomic mass is 32.2. The molecule has 3 rings (SSSR count). The van der Waals surface area contributed by atoms with E-state index in [2.05, 4.69) is 66.8 Å². The lowest BCUT2D eigenvalue weighted by Crippen LogP contribution is -2.37. The Morgan fingerprint density at radius 3 is 2.38 bits per heavy atom. The van der Waals surface area contributed by atoms with Crippen LogP contribution in [0.2, 0.25) is 0 Å². The first-order chi connectivity index (χ1) is 12.6. The molecule has 3 aromatic carbocycles. The van der Waals surface area contributed by atoms with Crippen LogP contribution in [0, 0.1) is 0 Å². The minimum Gasteiger partial charge on any atom is -0.353 e. The molecule has 0 unspecified atom stereocenters. The van der Waals surface area contributed by atoms with Crippen LogP contribution >= 0.6 is 11.8 Å². The van der Waals surface area contributed by atoms with Crippen LogP contribution in [-0.2, 0) is 11.2 Å². The van der Waals surface area contributed by atoms with E-state index in [0.29, 0.717) is 0 Å². The van der Waals surface area contributed by atoms with E-state index in [1.54, 1.807) is 11.8 Å². The molecule has 0 aliphatic heterocycles. The van der Waals surface area contributed by atoms with Crippen molar-refractivity contribution in [1.82, 2.24) is 5.32 Å². The molecule has 0 bridgehead atoms. The van der Waals surface area contributed by atoms with E-state index in [1.807, 2.05) is 25.1 Å². The molecule has 0 aromatic heterocycles. The Balaban J connectivity index is 1.51. The van der Waals surface area contributed by atoms with Crippen molar-refractivity contribution in [2.24, 2.45) is 0 Å². The van der Waals surface area contributed by atoms with E-state index in [4.69, 9.17) is 0 Å². The summed E-state index contributed by atoms with van der Waals surface area (Å²) < 4.78 is 0. The van der Waals surface area contributed by atoms with Crippen molar-refractivity contribution < 1.29 is 4.79 Å². The van der Waals surface area contributed by atoms with Crippen molar-refractivity contribution in [2.75, 3.05) is 0 Å². The molecule has 0 fully saturated rings. The molecule has 0 spiro atoms. The SMILES string of the molecule is C[C@H](CCc1ccccc1)NC(=O)[C@H](C)Sc1ccc2ccccc2c1. The van der Waals surface area contributed by atoms with E-state index in [9.17, 15) is 4.79 Å². The van der Waals surface area contributed by atoms with Gasteiger partial charge in [-0.25, -0.2) is 0 Å². The fraction of sp³-hybridized carbons (Fsp3) is 0.261. The van der Waals surface area contributed by atoms with E-state index in [0.717, 1.165) is 17.7 Å². The van der Waals surface area contributed by atoms with E-state index in [-0.39, 0.29) is 17.2 Å². The number of hydrogen-bond donors (Lipinski definition) is 1. The molecular formula is C23H25NOS. The second-order valence-electron chi connectivity index (χ2n) is 6.70. The minimum atomic E-state index is -0.115. The Morgan fingerprint density at radius 1 is 0.923 bits per heavy atom. The molecule has 3 heteroatoms. The Labute approximate surface area is 160 Å². The van der Waals surface area contributed by atoms with Crippen LogP contribution in [0.15, 0.2) is 77.7 Å². The molecule has 2 nitrogen and oxygen atoms in total. The standard InChI is InChI=1S/C23H25NOS/c1-17(12-13-19-8-4-3-5-9-19)24-23(25)18(2)26-22-15-14-20-10-6-7-11-21(20)16-22/h3-11,14-18H,12-13H2,1-2H3,(H,24,25)/t17-,18+/m1/s1. The molecule has 2 atom stereocenters. The molecule has 3 aromatic rings. The van der Waals surface area contributed by atoms with Crippen LogP contribution < -0.4 is 5.32 Å². The largest absolute Gasteiger partial charge is 0.353 e. The Morgan fingerprint density at radius 2 is 1.62 bits per heavy atom. The van der Waals surface area contributed by atoms with Gasteiger partial charge in [-0.15, -0.1) is 11.8 Å². The Bertz CT molecular complexity index is 862. The van der Waals surface area contributed by atoms with Crippen molar-refractivity contribution in [1.29, 1.82) is 0 Å². The number of amides is 1. The number of carbonyl (C=O) groups excluding carboxylic acids is 1. The Hall–Kier alpha value is -2.26. The number of aryl methyl sites for hydroxylation is 1. The molecule has 0 radical (unpaired) electrons. The first kappa shape index (κ1) is 18.5. The minimum absolute atomic E-state index is 0.101. The van der Waals surface area contributed by atoms with Crippen molar-refractivity contribution in [2.45, 2.75) is 42.9 Å². The molecule has 1 amide bonds. The first-order valence-corrected chi connectivity index (χ1v) is 9.99. The van der Waals surface area contributed by atoms with Gasteiger partial charge >= 0.3 is 0 Å². The summed E-state index contributed by atoms with van der Waals surface area (Å²) in [5.74, 6) is 0.101. The number of fused-ring (bicyclic) bond motifs is 1. The summed E-state index contributed by atoms with van der Waals surface area (Å²) in [5.41, 5.74) is 1.31. The quantitative estimate of drug-likeness (QED) is 0.565. The number of hydrogen-bond acceptors (Lipinski definition) is 2. The highest BCUT2D eigenvalue weighted by Crippen LogP contribution is 2.27. The maximum absolute atomic E-state index is 12.5. The van der Waals surface area contributed by atoms with Crippen molar-refractivity contribution >= 4 is 28.4 Å². The predicted octanol–water partition coefficient (Wildman–Crippen LogP) is 5.46. The highest BCUT2D eigenvalue weighted by Gasteiger charge is 2.16. The second kappa shape index (κ2) is 8.91. The van der Waals surface area contributed by atoms with Crippen LogP contribution in [0.5, 0.6) is 0 Å². The fourth-order valence-electron chi connectivity index (χ4n) is 2.96. The van der Waals surface area contributed by atoms with Crippen molar-refractivity contribution in [3.8, 4) is 0 Å². The second-order valence-corrected chi connectivity index (χ2v) is 8.12. The van der Waals surface area contributed by atoms with Gasteiger partial charge in [0.1, 0.15) is 0 Å². The number of carbonyl (C=O) groups is 1. The van der Waals surface area contributed by atoms with Gasteiger partial charge in [-0.3, -0.25) is 4.79 Å². The third kappa shape index (κ3) is 5.12. The van der Waals surface area contributed by atoms with Gasteiger partial charge in [-0.1, -0.05) is 60.7 Å². The molecular weight excluding hydrogens is 338 g/mol. The van der Waals surface area contributed by atoms with Gasteiger partial charge in [0.2, 0.25) is 5.91 Å². The van der Waals surface area contributed by atoms with Crippen LogP contribution in [0.1, 0.15) is 25.8 Å². The summed E-state index contributed by atoms with van der Waals surface area (Å²) in [6, 6.07) is 25.2. The summed E-state index contributed by atoms with van der Waals surface area (Å²) in [5, 5.41) is 5.47. The van der Waals surface area contributed by atoms with Crippen LogP contribution in [0.4, 0.5) is 0 Å². The third-order valence-electron chi connectivity index (χ3n) is 4.50. The topological polar surface area (TPSA) is 29.1 Å². The van der Waals surface area contributed by atoms with Gasteiger partial charge in [0, 0.05) is 10.9 Å². The maximum Gasteiger partial charge on any atom is 0.233 e. The summed E-state index contributed by atoms with van der Waals surface area (Å²) in [7, 11) is 0. The molecule has 26 heavy (non-hydrogen) atoms. The zero-order chi connectivity index (χ0) is 18.4. The monoisotopic (exact) mass is 363 g/mol. The van der Waals surface area contributed by atoms with E-state index in [1.165, 1.54) is 16.3 Å².